The first-order valence-corrected chi connectivity index (χ1v) is 7.56. The van der Waals surface area contributed by atoms with Crippen LogP contribution < -0.4 is 5.73 Å². The van der Waals surface area contributed by atoms with E-state index >= 15 is 0 Å². The predicted octanol–water partition coefficient (Wildman–Crippen LogP) is 0.211. The van der Waals surface area contributed by atoms with E-state index in [9.17, 15) is 4.79 Å². The topological polar surface area (TPSA) is 52.8 Å². The molecular weight excluding hydrogens is 240 g/mol. The number of nitrogens with two attached hydrogens (primary N) is 1. The molecule has 0 radical (unpaired) electrons. The lowest BCUT2D eigenvalue weighted by Crippen LogP contribution is -2.47. The average Bonchev–Trinajstić information content (AvgIpc) is 2.44. The standard InChI is InChI=1S/C14H30N4O/c1-3-7-17-10-12-18(13-11-17)9-5-14(19)16(2)8-4-6-15/h3-13,15H2,1-2H3. The Balaban J connectivity index is 2.14. The van der Waals surface area contributed by atoms with Crippen molar-refractivity contribution in [3.05, 3.63) is 0 Å². The van der Waals surface area contributed by atoms with Gasteiger partial charge in [-0.15, -0.1) is 0 Å². The van der Waals surface area contributed by atoms with E-state index in [1.165, 1.54) is 13.0 Å². The van der Waals surface area contributed by atoms with Crippen LogP contribution in [0.2, 0.25) is 0 Å². The number of nitrogens with zero attached hydrogens (tertiary/aromatic N) is 3. The van der Waals surface area contributed by atoms with Gasteiger partial charge in [-0.1, -0.05) is 6.92 Å². The van der Waals surface area contributed by atoms with Crippen molar-refractivity contribution in [2.75, 3.05) is 59.4 Å². The van der Waals surface area contributed by atoms with E-state index in [2.05, 4.69) is 16.7 Å². The Kier molecular flexibility index (Phi) is 8.02. The highest BCUT2D eigenvalue weighted by Crippen LogP contribution is 2.04. The van der Waals surface area contributed by atoms with Crippen LogP contribution in [0.1, 0.15) is 26.2 Å². The molecule has 1 aliphatic heterocycles. The summed E-state index contributed by atoms with van der Waals surface area (Å²) >= 11 is 0. The summed E-state index contributed by atoms with van der Waals surface area (Å²) in [5.74, 6) is 0.240. The summed E-state index contributed by atoms with van der Waals surface area (Å²) in [6.45, 7) is 10.2. The second-order valence-corrected chi connectivity index (χ2v) is 5.39. The van der Waals surface area contributed by atoms with Crippen LogP contribution in [0.3, 0.4) is 0 Å². The Morgan fingerprint density at radius 3 is 2.26 bits per heavy atom. The summed E-state index contributed by atoms with van der Waals surface area (Å²) in [6.07, 6.45) is 2.75. The van der Waals surface area contributed by atoms with Crippen LogP contribution >= 0.6 is 0 Å². The number of carbonyl (C=O) groups excluding carboxylic acids is 1. The second kappa shape index (κ2) is 9.28. The van der Waals surface area contributed by atoms with Crippen molar-refractivity contribution >= 4 is 5.91 Å². The minimum absolute atomic E-state index is 0.240. The molecule has 0 aromatic heterocycles. The fourth-order valence-electron chi connectivity index (χ4n) is 2.45. The average molecular weight is 270 g/mol. The molecule has 5 heteroatoms. The summed E-state index contributed by atoms with van der Waals surface area (Å²) < 4.78 is 0. The van der Waals surface area contributed by atoms with Crippen molar-refractivity contribution in [3.8, 4) is 0 Å². The van der Waals surface area contributed by atoms with Crippen LogP contribution in [0.25, 0.3) is 0 Å². The first-order valence-electron chi connectivity index (χ1n) is 7.56. The number of amides is 1. The second-order valence-electron chi connectivity index (χ2n) is 5.39. The van der Waals surface area contributed by atoms with Gasteiger partial charge in [-0.05, 0) is 25.9 Å². The van der Waals surface area contributed by atoms with Crippen LogP contribution in [-0.2, 0) is 4.79 Å². The molecule has 1 aliphatic rings. The van der Waals surface area contributed by atoms with Crippen LogP contribution in [0.4, 0.5) is 0 Å². The normalized spacial score (nSPS) is 17.6. The molecule has 1 heterocycles. The van der Waals surface area contributed by atoms with E-state index in [0.29, 0.717) is 13.0 Å². The molecule has 0 atom stereocenters. The highest BCUT2D eigenvalue weighted by Gasteiger charge is 2.17. The lowest BCUT2D eigenvalue weighted by molar-refractivity contribution is -0.130. The smallest absolute Gasteiger partial charge is 0.223 e. The molecule has 1 saturated heterocycles. The van der Waals surface area contributed by atoms with E-state index < -0.39 is 0 Å². The predicted molar refractivity (Wildman–Crippen MR) is 79.1 cm³/mol. The maximum atomic E-state index is 11.9. The van der Waals surface area contributed by atoms with E-state index in [1.807, 2.05) is 7.05 Å². The van der Waals surface area contributed by atoms with Crippen LogP contribution in [0.5, 0.6) is 0 Å². The molecule has 1 fully saturated rings. The minimum Gasteiger partial charge on any atom is -0.346 e. The quantitative estimate of drug-likeness (QED) is 0.685. The third-order valence-corrected chi connectivity index (χ3v) is 3.77. The first kappa shape index (κ1) is 16.4. The molecule has 0 aliphatic carbocycles. The van der Waals surface area contributed by atoms with Crippen molar-refractivity contribution < 1.29 is 4.79 Å². The summed E-state index contributed by atoms with van der Waals surface area (Å²) in [5.41, 5.74) is 5.45. The van der Waals surface area contributed by atoms with Gasteiger partial charge in [-0.3, -0.25) is 4.79 Å². The van der Waals surface area contributed by atoms with Crippen molar-refractivity contribution in [3.63, 3.8) is 0 Å². The number of hydrogen-bond donors (Lipinski definition) is 1. The van der Waals surface area contributed by atoms with Gasteiger partial charge < -0.3 is 20.4 Å². The van der Waals surface area contributed by atoms with E-state index in [1.54, 1.807) is 4.90 Å². The summed E-state index contributed by atoms with van der Waals surface area (Å²) in [6, 6.07) is 0. The van der Waals surface area contributed by atoms with Gasteiger partial charge in [-0.25, -0.2) is 0 Å². The lowest BCUT2D eigenvalue weighted by Gasteiger charge is -2.34. The number of rotatable bonds is 8. The third kappa shape index (κ3) is 6.36. The van der Waals surface area contributed by atoms with Crippen molar-refractivity contribution in [2.45, 2.75) is 26.2 Å². The van der Waals surface area contributed by atoms with E-state index in [4.69, 9.17) is 5.73 Å². The SMILES string of the molecule is CCCN1CCN(CCC(=O)N(C)CCCN)CC1. The summed E-state index contributed by atoms with van der Waals surface area (Å²) in [4.78, 5) is 18.6. The zero-order chi connectivity index (χ0) is 14.1. The van der Waals surface area contributed by atoms with Gasteiger partial charge in [0.1, 0.15) is 0 Å². The Morgan fingerprint density at radius 2 is 1.74 bits per heavy atom. The third-order valence-electron chi connectivity index (χ3n) is 3.77. The zero-order valence-electron chi connectivity index (χ0n) is 12.6. The van der Waals surface area contributed by atoms with E-state index in [0.717, 1.165) is 45.7 Å². The maximum Gasteiger partial charge on any atom is 0.223 e. The molecule has 0 saturated carbocycles. The zero-order valence-corrected chi connectivity index (χ0v) is 12.6. The van der Waals surface area contributed by atoms with Crippen LogP contribution in [0, 0.1) is 0 Å². The Bertz CT molecular complexity index is 252. The Morgan fingerprint density at radius 1 is 1.16 bits per heavy atom. The summed E-state index contributed by atoms with van der Waals surface area (Å²) in [7, 11) is 1.87. The number of piperazine rings is 1. The highest BCUT2D eigenvalue weighted by molar-refractivity contribution is 5.76. The highest BCUT2D eigenvalue weighted by atomic mass is 16.2. The van der Waals surface area contributed by atoms with Gasteiger partial charge in [0, 0.05) is 52.7 Å². The molecule has 19 heavy (non-hydrogen) atoms. The molecule has 5 nitrogen and oxygen atoms in total. The Labute approximate surface area is 117 Å². The molecule has 1 amide bonds. The molecule has 0 unspecified atom stereocenters. The fourth-order valence-corrected chi connectivity index (χ4v) is 2.45. The molecule has 0 spiro atoms. The van der Waals surface area contributed by atoms with Crippen molar-refractivity contribution in [1.29, 1.82) is 0 Å². The molecule has 0 bridgehead atoms. The van der Waals surface area contributed by atoms with Gasteiger partial charge in [0.05, 0.1) is 0 Å². The molecular formula is C14H30N4O. The van der Waals surface area contributed by atoms with Crippen LogP contribution in [0.15, 0.2) is 0 Å². The first-order chi connectivity index (χ1) is 9.17. The van der Waals surface area contributed by atoms with Crippen molar-refractivity contribution in [2.24, 2.45) is 5.73 Å². The van der Waals surface area contributed by atoms with Gasteiger partial charge in [-0.2, -0.15) is 0 Å². The monoisotopic (exact) mass is 270 g/mol. The van der Waals surface area contributed by atoms with Gasteiger partial charge in [0.15, 0.2) is 0 Å². The van der Waals surface area contributed by atoms with Gasteiger partial charge in [0.25, 0.3) is 0 Å². The molecule has 0 aromatic rings. The van der Waals surface area contributed by atoms with E-state index in [-0.39, 0.29) is 5.91 Å². The molecule has 112 valence electrons. The number of carbonyl (C=O) groups is 1. The lowest BCUT2D eigenvalue weighted by atomic mass is 10.2. The largest absolute Gasteiger partial charge is 0.346 e. The van der Waals surface area contributed by atoms with Gasteiger partial charge in [0.2, 0.25) is 5.91 Å². The molecule has 1 rings (SSSR count). The minimum atomic E-state index is 0.240. The number of hydrogen-bond acceptors (Lipinski definition) is 4. The maximum absolute atomic E-state index is 11.9. The summed E-state index contributed by atoms with van der Waals surface area (Å²) in [5, 5.41) is 0. The van der Waals surface area contributed by atoms with Gasteiger partial charge >= 0.3 is 0 Å². The van der Waals surface area contributed by atoms with Crippen molar-refractivity contribution in [1.82, 2.24) is 14.7 Å². The molecule has 0 aromatic carbocycles. The fraction of sp³-hybridized carbons (Fsp3) is 0.929. The molecule has 2 N–H and O–H groups in total. The van der Waals surface area contributed by atoms with Crippen LogP contribution in [-0.4, -0.2) is 80.0 Å². The Hall–Kier alpha value is -0.650.